The Morgan fingerprint density at radius 2 is 2.04 bits per heavy atom. The number of rotatable bonds is 6. The Labute approximate surface area is 168 Å². The molecule has 0 aromatic carbocycles. The minimum Gasteiger partial charge on any atom is -0.341 e. The van der Waals surface area contributed by atoms with E-state index in [1.54, 1.807) is 0 Å². The number of hydrogen-bond donors (Lipinski definition) is 1. The zero-order valence-corrected chi connectivity index (χ0v) is 17.6. The summed E-state index contributed by atoms with van der Waals surface area (Å²) in [6.07, 6.45) is 1.01. The minimum atomic E-state index is 0. The third-order valence-corrected chi connectivity index (χ3v) is 5.38. The molecule has 3 rings (SSSR count). The lowest BCUT2D eigenvalue weighted by molar-refractivity contribution is -0.136. The molecule has 7 nitrogen and oxygen atoms in total. The second-order valence-corrected chi connectivity index (χ2v) is 7.55. The molecule has 2 unspecified atom stereocenters. The molecule has 2 aliphatic heterocycles. The predicted octanol–water partition coefficient (Wildman–Crippen LogP) is 1.92. The van der Waals surface area contributed by atoms with Gasteiger partial charge in [-0.15, -0.1) is 24.8 Å². The van der Waals surface area contributed by atoms with Crippen molar-refractivity contribution in [3.8, 4) is 0 Å². The van der Waals surface area contributed by atoms with E-state index in [1.165, 1.54) is 0 Å². The van der Waals surface area contributed by atoms with Gasteiger partial charge >= 0.3 is 0 Å². The van der Waals surface area contributed by atoms with Crippen LogP contribution in [0.3, 0.4) is 0 Å². The Balaban J connectivity index is 0.00000169. The van der Waals surface area contributed by atoms with Gasteiger partial charge in [0.15, 0.2) is 5.82 Å². The van der Waals surface area contributed by atoms with E-state index in [0.29, 0.717) is 30.3 Å². The fourth-order valence-electron chi connectivity index (χ4n) is 3.37. The number of carbonyl (C=O) groups is 1. The maximum atomic E-state index is 12.6. The van der Waals surface area contributed by atoms with Gasteiger partial charge in [-0.2, -0.15) is 4.98 Å². The topological polar surface area (TPSA) is 74.5 Å². The molecule has 0 spiro atoms. The van der Waals surface area contributed by atoms with Crippen molar-refractivity contribution in [2.45, 2.75) is 45.7 Å². The Hall–Kier alpha value is -0.890. The van der Waals surface area contributed by atoms with Gasteiger partial charge in [0.1, 0.15) is 0 Å². The van der Waals surface area contributed by atoms with Crippen molar-refractivity contribution in [1.82, 2.24) is 25.3 Å². The molecular formula is C17H31Cl2N5O2. The van der Waals surface area contributed by atoms with E-state index in [4.69, 9.17) is 4.52 Å². The molecule has 2 saturated heterocycles. The number of aromatic nitrogens is 2. The number of carbonyl (C=O) groups excluding carboxylic acids is 1. The molecule has 2 fully saturated rings. The van der Waals surface area contributed by atoms with E-state index >= 15 is 0 Å². The van der Waals surface area contributed by atoms with E-state index in [9.17, 15) is 4.79 Å². The highest BCUT2D eigenvalue weighted by molar-refractivity contribution is 5.85. The molecule has 0 aliphatic carbocycles. The van der Waals surface area contributed by atoms with Crippen molar-refractivity contribution in [2.24, 2.45) is 11.8 Å². The van der Waals surface area contributed by atoms with Crippen LogP contribution in [0.1, 0.15) is 44.8 Å². The fraction of sp³-hybridized carbons (Fsp3) is 0.824. The Morgan fingerprint density at radius 1 is 1.35 bits per heavy atom. The van der Waals surface area contributed by atoms with Crippen LogP contribution in [0.2, 0.25) is 0 Å². The molecule has 1 N–H and O–H groups in total. The largest absolute Gasteiger partial charge is 0.341 e. The monoisotopic (exact) mass is 407 g/mol. The van der Waals surface area contributed by atoms with Crippen LogP contribution in [0.5, 0.6) is 0 Å². The summed E-state index contributed by atoms with van der Waals surface area (Å²) in [7, 11) is 2.07. The van der Waals surface area contributed by atoms with Crippen LogP contribution in [-0.4, -0.2) is 65.1 Å². The van der Waals surface area contributed by atoms with E-state index in [1.807, 2.05) is 18.7 Å². The van der Waals surface area contributed by atoms with Crippen LogP contribution in [-0.2, 0) is 11.3 Å². The second-order valence-electron chi connectivity index (χ2n) is 7.55. The van der Waals surface area contributed by atoms with Gasteiger partial charge < -0.3 is 14.7 Å². The number of likely N-dealkylation sites (tertiary alicyclic amines) is 1. The normalized spacial score (nSPS) is 21.3. The van der Waals surface area contributed by atoms with Crippen LogP contribution in [0.15, 0.2) is 4.52 Å². The number of nitrogens with zero attached hydrogens (tertiary/aromatic N) is 4. The summed E-state index contributed by atoms with van der Waals surface area (Å²) >= 11 is 0. The Morgan fingerprint density at radius 3 is 2.58 bits per heavy atom. The number of likely N-dealkylation sites (N-methyl/N-ethyl adjacent to an activating group) is 1. The quantitative estimate of drug-likeness (QED) is 0.776. The van der Waals surface area contributed by atoms with E-state index in [0.717, 1.165) is 38.4 Å². The van der Waals surface area contributed by atoms with Crippen LogP contribution < -0.4 is 5.32 Å². The number of halogens is 2. The standard InChI is InChI=1S/C17H29N5O2.2ClH/c1-11(2)16-19-15(20-24-16)10-21(4)14-5-6-22(9-14)17(23)12(3)13-7-18-8-13;;/h11-14,18H,5-10H2,1-4H3;2*1H. The lowest BCUT2D eigenvalue weighted by Crippen LogP contribution is -2.50. The molecule has 9 heteroatoms. The number of nitrogens with one attached hydrogen (secondary N) is 1. The van der Waals surface area contributed by atoms with E-state index in [2.05, 4.69) is 34.3 Å². The van der Waals surface area contributed by atoms with E-state index in [-0.39, 0.29) is 36.6 Å². The molecule has 2 aliphatic rings. The summed E-state index contributed by atoms with van der Waals surface area (Å²) in [5.41, 5.74) is 0. The van der Waals surface area contributed by atoms with Crippen molar-refractivity contribution >= 4 is 30.7 Å². The van der Waals surface area contributed by atoms with Crippen molar-refractivity contribution in [3.05, 3.63) is 11.7 Å². The average molecular weight is 408 g/mol. The molecule has 0 radical (unpaired) electrons. The van der Waals surface area contributed by atoms with Crippen LogP contribution >= 0.6 is 24.8 Å². The lowest BCUT2D eigenvalue weighted by atomic mass is 9.88. The molecule has 0 bridgehead atoms. The zero-order chi connectivity index (χ0) is 17.3. The van der Waals surface area contributed by atoms with Gasteiger partial charge in [0, 0.05) is 31.0 Å². The molecule has 3 heterocycles. The highest BCUT2D eigenvalue weighted by atomic mass is 35.5. The van der Waals surface area contributed by atoms with E-state index < -0.39 is 0 Å². The smallest absolute Gasteiger partial charge is 0.229 e. The first kappa shape index (κ1) is 23.1. The summed E-state index contributed by atoms with van der Waals surface area (Å²) in [4.78, 5) is 21.3. The summed E-state index contributed by atoms with van der Waals surface area (Å²) in [5, 5.41) is 7.31. The first-order chi connectivity index (χ1) is 11.5. The fourth-order valence-corrected chi connectivity index (χ4v) is 3.37. The first-order valence-electron chi connectivity index (χ1n) is 8.98. The van der Waals surface area contributed by atoms with Crippen molar-refractivity contribution in [3.63, 3.8) is 0 Å². The van der Waals surface area contributed by atoms with Crippen molar-refractivity contribution < 1.29 is 9.32 Å². The molecule has 2 atom stereocenters. The Kier molecular flexibility index (Phi) is 8.79. The summed E-state index contributed by atoms with van der Waals surface area (Å²) in [5.74, 6) is 2.59. The third kappa shape index (κ3) is 5.09. The van der Waals surface area contributed by atoms with Gasteiger partial charge in [-0.1, -0.05) is 25.9 Å². The Bertz CT molecular complexity index is 579. The third-order valence-electron chi connectivity index (χ3n) is 5.38. The number of amides is 1. The minimum absolute atomic E-state index is 0. The van der Waals surface area contributed by atoms with Gasteiger partial charge in [-0.05, 0) is 32.5 Å². The second kappa shape index (κ2) is 9.88. The molecule has 1 aromatic rings. The molecule has 1 amide bonds. The molecular weight excluding hydrogens is 377 g/mol. The lowest BCUT2D eigenvalue weighted by Gasteiger charge is -2.34. The highest BCUT2D eigenvalue weighted by Crippen LogP contribution is 2.23. The maximum Gasteiger partial charge on any atom is 0.229 e. The SMILES string of the molecule is CC(C)c1nc(CN(C)C2CCN(C(=O)C(C)C3CNC3)C2)no1.Cl.Cl. The first-order valence-corrected chi connectivity index (χ1v) is 8.98. The molecule has 150 valence electrons. The summed E-state index contributed by atoms with van der Waals surface area (Å²) in [6, 6.07) is 0.363. The summed E-state index contributed by atoms with van der Waals surface area (Å²) in [6.45, 7) is 10.4. The molecule has 1 aromatic heterocycles. The van der Waals surface area contributed by atoms with Crippen LogP contribution in [0, 0.1) is 11.8 Å². The van der Waals surface area contributed by atoms with Crippen LogP contribution in [0.25, 0.3) is 0 Å². The maximum absolute atomic E-state index is 12.6. The van der Waals surface area contributed by atoms with Gasteiger partial charge in [0.25, 0.3) is 0 Å². The zero-order valence-electron chi connectivity index (χ0n) is 16.0. The van der Waals surface area contributed by atoms with Gasteiger partial charge in [0.2, 0.25) is 11.8 Å². The van der Waals surface area contributed by atoms with Gasteiger partial charge in [-0.3, -0.25) is 9.69 Å². The average Bonchev–Trinajstić information content (AvgIpc) is 3.13. The summed E-state index contributed by atoms with van der Waals surface area (Å²) < 4.78 is 5.27. The molecule has 0 saturated carbocycles. The van der Waals surface area contributed by atoms with Crippen LogP contribution in [0.4, 0.5) is 0 Å². The van der Waals surface area contributed by atoms with Crippen molar-refractivity contribution in [2.75, 3.05) is 33.2 Å². The van der Waals surface area contributed by atoms with Gasteiger partial charge in [-0.25, -0.2) is 0 Å². The van der Waals surface area contributed by atoms with Crippen molar-refractivity contribution in [1.29, 1.82) is 0 Å². The van der Waals surface area contributed by atoms with Gasteiger partial charge in [0.05, 0.1) is 6.54 Å². The highest BCUT2D eigenvalue weighted by Gasteiger charge is 2.35. The predicted molar refractivity (Wildman–Crippen MR) is 105 cm³/mol. The number of hydrogen-bond acceptors (Lipinski definition) is 6. The molecule has 26 heavy (non-hydrogen) atoms.